The molecule has 1 aromatic carbocycles. The van der Waals surface area contributed by atoms with E-state index in [4.69, 9.17) is 5.73 Å². The molecule has 6 atom stereocenters. The number of phenols is 1. The third-order valence-electron chi connectivity index (χ3n) is 9.43. The molecule has 2 saturated carbocycles. The zero-order chi connectivity index (χ0) is 30.8. The quantitative estimate of drug-likeness (QED) is 0.262. The Balaban J connectivity index is 1.50. The van der Waals surface area contributed by atoms with E-state index < -0.39 is 70.1 Å². The minimum atomic E-state index is -2.80. The number of benzene rings is 1. The molecular formula is C29H34N4O9. The molecule has 3 aliphatic carbocycles. The molecule has 1 aromatic rings. The van der Waals surface area contributed by atoms with E-state index in [2.05, 4.69) is 0 Å². The lowest BCUT2D eigenvalue weighted by atomic mass is 9.52. The second-order valence-corrected chi connectivity index (χ2v) is 12.0. The van der Waals surface area contributed by atoms with Gasteiger partial charge in [0.2, 0.25) is 11.8 Å². The van der Waals surface area contributed by atoms with Gasteiger partial charge in [0.25, 0.3) is 0 Å². The maximum Gasteiger partial charge on any atom is 0.235 e. The van der Waals surface area contributed by atoms with Crippen LogP contribution in [0.3, 0.4) is 0 Å². The molecular weight excluding hydrogens is 548 g/mol. The van der Waals surface area contributed by atoms with Crippen molar-refractivity contribution in [2.75, 3.05) is 46.8 Å². The first-order chi connectivity index (χ1) is 19.7. The number of carbonyl (C=O) groups is 7. The minimum Gasteiger partial charge on any atom is -0.507 e. The highest BCUT2D eigenvalue weighted by Gasteiger charge is 2.69. The largest absolute Gasteiger partial charge is 0.507 e. The van der Waals surface area contributed by atoms with Gasteiger partial charge < -0.3 is 20.8 Å². The van der Waals surface area contributed by atoms with E-state index in [0.717, 1.165) is 0 Å². The summed E-state index contributed by atoms with van der Waals surface area (Å²) in [5.41, 5.74) is 2.81. The Hall–Kier alpha value is -3.81. The lowest BCUT2D eigenvalue weighted by Crippen LogP contribution is -2.74. The monoisotopic (exact) mass is 582 g/mol. The van der Waals surface area contributed by atoms with Crippen LogP contribution in [0, 0.1) is 23.7 Å². The van der Waals surface area contributed by atoms with Crippen molar-refractivity contribution in [1.29, 1.82) is 0 Å². The summed E-state index contributed by atoms with van der Waals surface area (Å²) in [6, 6.07) is 1.44. The van der Waals surface area contributed by atoms with Crippen molar-refractivity contribution in [2.24, 2.45) is 29.4 Å². The summed E-state index contributed by atoms with van der Waals surface area (Å²) >= 11 is 0. The van der Waals surface area contributed by atoms with Crippen LogP contribution >= 0.6 is 0 Å². The van der Waals surface area contributed by atoms with Crippen molar-refractivity contribution in [2.45, 2.75) is 31.4 Å². The molecule has 0 bridgehead atoms. The standard InChI is InChI=1S/C29H34N4O9/c1-13(34)33-8-6-32(7-9-33)12-19(36)15-4-5-18(35)21-16(15)10-14-11-17-23(31(2)3)25(38)22(28(30)41)27(40)29(17,42)26(39)20(14)24(21)37/h4-5,14,17,20,22-23,35,42H,6-12H2,1-3H3,(H2,30,41)/t14-,17-,20?,22?,23-,29-/m0/s1. The van der Waals surface area contributed by atoms with Crippen molar-refractivity contribution < 1.29 is 43.8 Å². The molecule has 5 rings (SSSR count). The summed E-state index contributed by atoms with van der Waals surface area (Å²) < 4.78 is 0. The van der Waals surface area contributed by atoms with Crippen molar-refractivity contribution >= 4 is 40.7 Å². The number of Topliss-reactive ketones (excluding diaryl/α,β-unsaturated/α-hetero) is 5. The second kappa shape index (κ2) is 10.5. The number of amides is 2. The lowest BCUT2D eigenvalue weighted by Gasteiger charge is -2.52. The van der Waals surface area contributed by atoms with Crippen LogP contribution in [0.4, 0.5) is 0 Å². The van der Waals surface area contributed by atoms with Gasteiger partial charge in [-0.1, -0.05) is 0 Å². The highest BCUT2D eigenvalue weighted by molar-refractivity contribution is 6.32. The summed E-state index contributed by atoms with van der Waals surface area (Å²) in [4.78, 5) is 96.5. The predicted molar refractivity (Wildman–Crippen MR) is 144 cm³/mol. The normalized spacial score (nSPS) is 31.5. The number of aromatic hydroxyl groups is 1. The topological polar surface area (TPSA) is 196 Å². The molecule has 4 N–H and O–H groups in total. The number of aliphatic hydroxyl groups is 1. The van der Waals surface area contributed by atoms with Crippen LogP contribution in [0.25, 0.3) is 0 Å². The fourth-order valence-electron chi connectivity index (χ4n) is 7.38. The van der Waals surface area contributed by atoms with Gasteiger partial charge in [-0.25, -0.2) is 0 Å². The minimum absolute atomic E-state index is 0.0133. The van der Waals surface area contributed by atoms with Crippen molar-refractivity contribution in [3.63, 3.8) is 0 Å². The fourth-order valence-corrected chi connectivity index (χ4v) is 7.38. The number of likely N-dealkylation sites (N-methyl/N-ethyl adjacent to an activating group) is 1. The van der Waals surface area contributed by atoms with Crippen molar-refractivity contribution in [1.82, 2.24) is 14.7 Å². The van der Waals surface area contributed by atoms with Crippen LogP contribution in [0.2, 0.25) is 0 Å². The Morgan fingerprint density at radius 1 is 1.05 bits per heavy atom. The number of fused-ring (bicyclic) bond motifs is 3. The molecule has 0 spiro atoms. The molecule has 0 aromatic heterocycles. The number of rotatable bonds is 5. The fraction of sp³-hybridized carbons (Fsp3) is 0.552. The average molecular weight is 583 g/mol. The van der Waals surface area contributed by atoms with Gasteiger partial charge in [0, 0.05) is 44.6 Å². The van der Waals surface area contributed by atoms with E-state index in [9.17, 15) is 43.8 Å². The SMILES string of the molecule is CC(=O)N1CCN(CC(=O)c2ccc(O)c3c2C[C@H]2C[C@H]4[C@H](N(C)C)C(=O)C(C(N)=O)C(=O)[C@@]4(O)C(=O)C2C3=O)CC1. The highest BCUT2D eigenvalue weighted by Crippen LogP contribution is 2.51. The van der Waals surface area contributed by atoms with Gasteiger partial charge in [0.1, 0.15) is 5.75 Å². The smallest absolute Gasteiger partial charge is 0.235 e. The summed E-state index contributed by atoms with van der Waals surface area (Å²) in [7, 11) is 3.03. The van der Waals surface area contributed by atoms with E-state index in [1.807, 2.05) is 4.90 Å². The van der Waals surface area contributed by atoms with Gasteiger partial charge in [-0.2, -0.15) is 0 Å². The van der Waals surface area contributed by atoms with E-state index in [-0.39, 0.29) is 47.8 Å². The first-order valence-corrected chi connectivity index (χ1v) is 13.9. The van der Waals surface area contributed by atoms with Gasteiger partial charge in [-0.3, -0.25) is 43.4 Å². The number of carbonyl (C=O) groups excluding carboxylic acids is 7. The molecule has 13 nitrogen and oxygen atoms in total. The van der Waals surface area contributed by atoms with Gasteiger partial charge in [0.15, 0.2) is 40.4 Å². The number of piperazine rings is 1. The van der Waals surface area contributed by atoms with Gasteiger partial charge in [-0.05, 0) is 50.6 Å². The number of nitrogens with two attached hydrogens (primary N) is 1. The summed E-state index contributed by atoms with van der Waals surface area (Å²) in [6.07, 6.45) is -0.0837. The third kappa shape index (κ3) is 4.38. The average Bonchev–Trinajstić information content (AvgIpc) is 2.90. The van der Waals surface area contributed by atoms with Crippen molar-refractivity contribution in [3.8, 4) is 5.75 Å². The Bertz CT molecular complexity index is 1430. The van der Waals surface area contributed by atoms with Crippen LogP contribution < -0.4 is 5.73 Å². The van der Waals surface area contributed by atoms with Crippen molar-refractivity contribution in [3.05, 3.63) is 28.8 Å². The number of hydrogen-bond donors (Lipinski definition) is 3. The number of ketones is 5. The zero-order valence-electron chi connectivity index (χ0n) is 23.7. The van der Waals surface area contributed by atoms with Gasteiger partial charge in [0.05, 0.1) is 24.1 Å². The maximum atomic E-state index is 13.9. The molecule has 1 saturated heterocycles. The molecule has 224 valence electrons. The van der Waals surface area contributed by atoms with Crippen LogP contribution in [0.1, 0.15) is 39.6 Å². The van der Waals surface area contributed by atoms with E-state index in [0.29, 0.717) is 26.2 Å². The first kappa shape index (κ1) is 29.7. The zero-order valence-corrected chi connectivity index (χ0v) is 23.7. The summed E-state index contributed by atoms with van der Waals surface area (Å²) in [5.74, 6) is -11.8. The highest BCUT2D eigenvalue weighted by atomic mass is 16.3. The van der Waals surface area contributed by atoms with E-state index >= 15 is 0 Å². The number of nitrogens with zero attached hydrogens (tertiary/aromatic N) is 3. The molecule has 42 heavy (non-hydrogen) atoms. The summed E-state index contributed by atoms with van der Waals surface area (Å²) in [5, 5.41) is 22.3. The molecule has 3 fully saturated rings. The molecule has 2 amide bonds. The maximum absolute atomic E-state index is 13.9. The van der Waals surface area contributed by atoms with Crippen LogP contribution in [-0.4, -0.2) is 124 Å². The Morgan fingerprint density at radius 3 is 2.26 bits per heavy atom. The second-order valence-electron chi connectivity index (χ2n) is 12.0. The van der Waals surface area contributed by atoms with Gasteiger partial charge in [-0.15, -0.1) is 0 Å². The lowest BCUT2D eigenvalue weighted by molar-refractivity contribution is -0.181. The van der Waals surface area contributed by atoms with Gasteiger partial charge >= 0.3 is 0 Å². The Kier molecular flexibility index (Phi) is 7.40. The molecule has 1 heterocycles. The summed E-state index contributed by atoms with van der Waals surface area (Å²) in [6.45, 7) is 3.44. The third-order valence-corrected chi connectivity index (χ3v) is 9.43. The molecule has 2 unspecified atom stereocenters. The molecule has 1 aliphatic heterocycles. The Labute approximate surface area is 241 Å². The number of primary amides is 1. The van der Waals surface area contributed by atoms with Crippen LogP contribution in [0.5, 0.6) is 5.75 Å². The Morgan fingerprint density at radius 2 is 1.69 bits per heavy atom. The van der Waals surface area contributed by atoms with Crippen LogP contribution in [0.15, 0.2) is 12.1 Å². The van der Waals surface area contributed by atoms with E-state index in [1.54, 1.807) is 4.90 Å². The number of hydrogen-bond acceptors (Lipinski definition) is 11. The van der Waals surface area contributed by atoms with E-state index in [1.165, 1.54) is 38.1 Å². The molecule has 13 heteroatoms. The van der Waals surface area contributed by atoms with Crippen LogP contribution in [-0.2, 0) is 30.4 Å². The number of phenolic OH excluding ortho intramolecular Hbond substituents is 1. The molecule has 4 aliphatic rings. The molecule has 0 radical (unpaired) electrons. The first-order valence-electron chi connectivity index (χ1n) is 13.9. The predicted octanol–water partition coefficient (Wildman–Crippen LogP) is -1.79.